The van der Waals surface area contributed by atoms with Gasteiger partial charge in [-0.25, -0.2) is 0 Å². The number of hydrogen-bond acceptors (Lipinski definition) is 2. The topological polar surface area (TPSA) is 26.3 Å². The maximum Gasteiger partial charge on any atom is 0.306 e. The van der Waals surface area contributed by atoms with Crippen molar-refractivity contribution < 1.29 is 9.53 Å². The summed E-state index contributed by atoms with van der Waals surface area (Å²) in [6, 6.07) is 0. The van der Waals surface area contributed by atoms with E-state index in [2.05, 4.69) is 6.58 Å². The molecule has 0 aliphatic rings. The second kappa shape index (κ2) is 5.96. The largest absolute Gasteiger partial charge is 0.463 e. The van der Waals surface area contributed by atoms with E-state index >= 15 is 0 Å². The summed E-state index contributed by atoms with van der Waals surface area (Å²) in [5.74, 6) is -0.126. The van der Waals surface area contributed by atoms with Crippen molar-refractivity contribution in [1.29, 1.82) is 0 Å². The molecule has 0 aliphatic heterocycles. The molecule has 0 saturated carbocycles. The normalized spacial score (nSPS) is 12.2. The Balaban J connectivity index is 3.43. The first-order valence-electron chi connectivity index (χ1n) is 4.01. The van der Waals surface area contributed by atoms with E-state index in [-0.39, 0.29) is 12.1 Å². The fourth-order valence-electron chi connectivity index (χ4n) is 0.587. The van der Waals surface area contributed by atoms with Crippen molar-refractivity contribution in [3.05, 3.63) is 12.7 Å². The summed E-state index contributed by atoms with van der Waals surface area (Å²) in [5.41, 5.74) is 0. The van der Waals surface area contributed by atoms with Crippen LogP contribution in [0, 0.1) is 0 Å². The molecule has 0 saturated heterocycles. The molecule has 0 spiro atoms. The highest BCUT2D eigenvalue weighted by Crippen LogP contribution is 2.00. The quantitative estimate of drug-likeness (QED) is 0.451. The van der Waals surface area contributed by atoms with E-state index in [9.17, 15) is 4.79 Å². The zero-order chi connectivity index (χ0) is 8.69. The molecule has 0 rings (SSSR count). The van der Waals surface area contributed by atoms with E-state index in [0.29, 0.717) is 12.8 Å². The molecular formula is C9H16O2. The highest BCUT2D eigenvalue weighted by Gasteiger charge is 2.05. The highest BCUT2D eigenvalue weighted by atomic mass is 16.5. The first-order valence-corrected chi connectivity index (χ1v) is 4.01. The molecule has 0 aromatic rings. The van der Waals surface area contributed by atoms with Gasteiger partial charge in [-0.1, -0.05) is 13.0 Å². The highest BCUT2D eigenvalue weighted by molar-refractivity contribution is 5.69. The minimum atomic E-state index is -0.126. The average molecular weight is 156 g/mol. The summed E-state index contributed by atoms with van der Waals surface area (Å²) in [5, 5.41) is 0. The van der Waals surface area contributed by atoms with Gasteiger partial charge in [-0.3, -0.25) is 4.79 Å². The van der Waals surface area contributed by atoms with Crippen LogP contribution in [0.4, 0.5) is 0 Å². The number of ether oxygens (including phenoxy) is 1. The van der Waals surface area contributed by atoms with Crippen LogP contribution in [0.25, 0.3) is 0 Å². The number of allylic oxidation sites excluding steroid dienone is 1. The second-order valence-corrected chi connectivity index (χ2v) is 2.54. The van der Waals surface area contributed by atoms with Gasteiger partial charge in [-0.05, 0) is 19.8 Å². The lowest BCUT2D eigenvalue weighted by molar-refractivity contribution is -0.148. The first-order chi connectivity index (χ1) is 5.20. The molecule has 0 heterocycles. The van der Waals surface area contributed by atoms with Crippen LogP contribution >= 0.6 is 0 Å². The van der Waals surface area contributed by atoms with Crippen LogP contribution in [0.3, 0.4) is 0 Å². The van der Waals surface area contributed by atoms with E-state index in [0.717, 1.165) is 6.42 Å². The predicted molar refractivity (Wildman–Crippen MR) is 45.3 cm³/mol. The lowest BCUT2D eigenvalue weighted by atomic mass is 10.3. The van der Waals surface area contributed by atoms with Crippen molar-refractivity contribution in [2.75, 3.05) is 0 Å². The molecule has 64 valence electrons. The predicted octanol–water partition coefficient (Wildman–Crippen LogP) is 2.29. The van der Waals surface area contributed by atoms with Crippen LogP contribution in [0.2, 0.25) is 0 Å². The Bertz CT molecular complexity index is 130. The molecule has 0 amide bonds. The minimum Gasteiger partial charge on any atom is -0.463 e. The van der Waals surface area contributed by atoms with Gasteiger partial charge in [0.15, 0.2) is 0 Å². The fourth-order valence-corrected chi connectivity index (χ4v) is 0.587. The van der Waals surface area contributed by atoms with Gasteiger partial charge in [-0.15, -0.1) is 6.58 Å². The fraction of sp³-hybridized carbons (Fsp3) is 0.667. The zero-order valence-electron chi connectivity index (χ0n) is 7.30. The van der Waals surface area contributed by atoms with Gasteiger partial charge in [0.05, 0.1) is 6.10 Å². The molecule has 0 aliphatic carbocycles. The van der Waals surface area contributed by atoms with E-state index in [1.807, 2.05) is 13.8 Å². The summed E-state index contributed by atoms with van der Waals surface area (Å²) in [4.78, 5) is 10.9. The number of carbonyl (C=O) groups excluding carboxylic acids is 1. The van der Waals surface area contributed by atoms with Crippen LogP contribution in [0.5, 0.6) is 0 Å². The first kappa shape index (κ1) is 10.2. The maximum absolute atomic E-state index is 10.9. The van der Waals surface area contributed by atoms with Crippen molar-refractivity contribution in [3.63, 3.8) is 0 Å². The van der Waals surface area contributed by atoms with Gasteiger partial charge >= 0.3 is 5.97 Å². The van der Waals surface area contributed by atoms with Crippen molar-refractivity contribution in [3.8, 4) is 0 Å². The smallest absolute Gasteiger partial charge is 0.306 e. The van der Waals surface area contributed by atoms with Gasteiger partial charge < -0.3 is 4.74 Å². The molecular weight excluding hydrogens is 140 g/mol. The standard InChI is InChI=1S/C9H16O2/c1-4-6-7-9(10)11-8(3)5-2/h4,8H,1,5-7H2,2-3H3. The number of rotatable bonds is 5. The summed E-state index contributed by atoms with van der Waals surface area (Å²) in [6.07, 6.45) is 3.80. The van der Waals surface area contributed by atoms with Gasteiger partial charge in [0.25, 0.3) is 0 Å². The molecule has 0 aromatic heterocycles. The van der Waals surface area contributed by atoms with Crippen LogP contribution in [-0.2, 0) is 9.53 Å². The summed E-state index contributed by atoms with van der Waals surface area (Å²) >= 11 is 0. The van der Waals surface area contributed by atoms with Gasteiger partial charge in [0.1, 0.15) is 0 Å². The number of carbonyl (C=O) groups is 1. The average Bonchev–Trinajstić information content (AvgIpc) is 2.00. The SMILES string of the molecule is C=CCCC(=O)OC(C)CC. The third-order valence-electron chi connectivity index (χ3n) is 1.46. The molecule has 2 heteroatoms. The third-order valence-corrected chi connectivity index (χ3v) is 1.46. The van der Waals surface area contributed by atoms with Crippen LogP contribution in [0.15, 0.2) is 12.7 Å². The Morgan fingerprint density at radius 2 is 2.36 bits per heavy atom. The van der Waals surface area contributed by atoms with Crippen molar-refractivity contribution in [2.24, 2.45) is 0 Å². The molecule has 11 heavy (non-hydrogen) atoms. The Hall–Kier alpha value is -0.790. The van der Waals surface area contributed by atoms with Crippen molar-refractivity contribution in [2.45, 2.75) is 39.2 Å². The van der Waals surface area contributed by atoms with Crippen LogP contribution in [-0.4, -0.2) is 12.1 Å². The molecule has 0 aromatic carbocycles. The van der Waals surface area contributed by atoms with E-state index in [1.54, 1.807) is 6.08 Å². The molecule has 0 radical (unpaired) electrons. The zero-order valence-corrected chi connectivity index (χ0v) is 7.30. The van der Waals surface area contributed by atoms with E-state index in [1.165, 1.54) is 0 Å². The van der Waals surface area contributed by atoms with Crippen molar-refractivity contribution in [1.82, 2.24) is 0 Å². The molecule has 0 fully saturated rings. The Labute approximate surface area is 68.2 Å². The summed E-state index contributed by atoms with van der Waals surface area (Å²) in [6.45, 7) is 7.41. The maximum atomic E-state index is 10.9. The molecule has 1 unspecified atom stereocenters. The monoisotopic (exact) mass is 156 g/mol. The lowest BCUT2D eigenvalue weighted by Gasteiger charge is -2.09. The third kappa shape index (κ3) is 5.64. The van der Waals surface area contributed by atoms with E-state index < -0.39 is 0 Å². The Morgan fingerprint density at radius 1 is 1.73 bits per heavy atom. The minimum absolute atomic E-state index is 0.0484. The Kier molecular flexibility index (Phi) is 5.53. The van der Waals surface area contributed by atoms with Gasteiger partial charge in [0.2, 0.25) is 0 Å². The summed E-state index contributed by atoms with van der Waals surface area (Å²) in [7, 11) is 0. The molecule has 2 nitrogen and oxygen atoms in total. The molecule has 0 bridgehead atoms. The second-order valence-electron chi connectivity index (χ2n) is 2.54. The van der Waals surface area contributed by atoms with Crippen molar-refractivity contribution >= 4 is 5.97 Å². The lowest BCUT2D eigenvalue weighted by Crippen LogP contribution is -2.13. The van der Waals surface area contributed by atoms with Gasteiger partial charge in [0, 0.05) is 6.42 Å². The van der Waals surface area contributed by atoms with E-state index in [4.69, 9.17) is 4.74 Å². The Morgan fingerprint density at radius 3 is 2.82 bits per heavy atom. The van der Waals surface area contributed by atoms with Crippen LogP contribution in [0.1, 0.15) is 33.1 Å². The molecule has 1 atom stereocenters. The number of esters is 1. The van der Waals surface area contributed by atoms with Crippen LogP contribution < -0.4 is 0 Å². The molecule has 0 N–H and O–H groups in total. The summed E-state index contributed by atoms with van der Waals surface area (Å²) < 4.78 is 5.01. The van der Waals surface area contributed by atoms with Gasteiger partial charge in [-0.2, -0.15) is 0 Å². The number of hydrogen-bond donors (Lipinski definition) is 0.